The average molecular weight is 440 g/mol. The van der Waals surface area contributed by atoms with E-state index in [1.807, 2.05) is 32.0 Å². The van der Waals surface area contributed by atoms with Gasteiger partial charge in [-0.1, -0.05) is 13.0 Å². The summed E-state index contributed by atoms with van der Waals surface area (Å²) < 4.78 is 22.9. The zero-order valence-corrected chi connectivity index (χ0v) is 18.5. The first-order valence-corrected chi connectivity index (χ1v) is 11.1. The Bertz CT molecular complexity index is 993. The van der Waals surface area contributed by atoms with Gasteiger partial charge >= 0.3 is 0 Å². The summed E-state index contributed by atoms with van der Waals surface area (Å²) in [6, 6.07) is 7.98. The van der Waals surface area contributed by atoms with Crippen molar-refractivity contribution < 1.29 is 18.9 Å². The number of nitrogens with one attached hydrogen (secondary N) is 2. The van der Waals surface area contributed by atoms with Gasteiger partial charge in [-0.15, -0.1) is 5.10 Å². The molecule has 2 atom stereocenters. The number of ether oxygens (including phenoxy) is 4. The van der Waals surface area contributed by atoms with Crippen molar-refractivity contribution in [2.75, 3.05) is 46.1 Å². The van der Waals surface area contributed by atoms with Crippen LogP contribution in [0, 0.1) is 22.7 Å². The minimum atomic E-state index is -0.743. The molecule has 2 aliphatic heterocycles. The van der Waals surface area contributed by atoms with Gasteiger partial charge in [-0.25, -0.2) is 0 Å². The van der Waals surface area contributed by atoms with E-state index in [1.165, 1.54) is 0 Å². The van der Waals surface area contributed by atoms with Crippen LogP contribution < -0.4 is 14.2 Å². The van der Waals surface area contributed by atoms with Crippen LogP contribution in [0.2, 0.25) is 0 Å². The van der Waals surface area contributed by atoms with E-state index in [4.69, 9.17) is 24.4 Å². The van der Waals surface area contributed by atoms with Crippen LogP contribution in [-0.2, 0) is 11.2 Å². The fourth-order valence-electron chi connectivity index (χ4n) is 4.23. The zero-order valence-electron chi connectivity index (χ0n) is 18.5. The molecule has 1 aromatic heterocycles. The molecule has 2 aromatic rings. The van der Waals surface area contributed by atoms with Gasteiger partial charge in [-0.2, -0.15) is 5.26 Å². The van der Waals surface area contributed by atoms with Crippen molar-refractivity contribution in [2.24, 2.45) is 5.92 Å². The van der Waals surface area contributed by atoms with E-state index < -0.39 is 5.92 Å². The SMILES string of the molecule is CCOc1cc(C2c3c(n[nH]c3CC)OC(=N)C2C#N)ccc1OCCN1CCOCC1. The standard InChI is InChI=1S/C23H29N5O4/c1-3-17-21-20(16(14-24)22(25)32-23(21)27-26-17)15-5-6-18(19(13-15)30-4-2)31-12-9-28-7-10-29-11-8-28/h5-6,13,16,20,25H,3-4,7-12H2,1-2H3,(H,26,27). The van der Waals surface area contributed by atoms with Gasteiger partial charge in [0.1, 0.15) is 12.5 Å². The van der Waals surface area contributed by atoms with Crippen molar-refractivity contribution in [2.45, 2.75) is 26.2 Å². The van der Waals surface area contributed by atoms with E-state index in [0.717, 1.165) is 49.7 Å². The molecule has 0 spiro atoms. The summed E-state index contributed by atoms with van der Waals surface area (Å²) in [7, 11) is 0. The predicted molar refractivity (Wildman–Crippen MR) is 118 cm³/mol. The van der Waals surface area contributed by atoms with E-state index in [1.54, 1.807) is 0 Å². The van der Waals surface area contributed by atoms with Crippen LogP contribution in [0.25, 0.3) is 0 Å². The van der Waals surface area contributed by atoms with Gasteiger partial charge in [0.05, 0.1) is 25.9 Å². The first-order chi connectivity index (χ1) is 15.7. The van der Waals surface area contributed by atoms with Crippen LogP contribution >= 0.6 is 0 Å². The summed E-state index contributed by atoms with van der Waals surface area (Å²) in [5.74, 6) is 0.460. The van der Waals surface area contributed by atoms with Crippen molar-refractivity contribution in [3.63, 3.8) is 0 Å². The van der Waals surface area contributed by atoms with Crippen LogP contribution in [0.1, 0.15) is 36.6 Å². The normalized spacial score (nSPS) is 20.8. The molecule has 1 aromatic carbocycles. The minimum Gasteiger partial charge on any atom is -0.490 e. The molecule has 0 amide bonds. The smallest absolute Gasteiger partial charge is 0.243 e. The van der Waals surface area contributed by atoms with Crippen molar-refractivity contribution in [3.05, 3.63) is 35.0 Å². The lowest BCUT2D eigenvalue weighted by molar-refractivity contribution is 0.0321. The fourth-order valence-corrected chi connectivity index (χ4v) is 4.23. The van der Waals surface area contributed by atoms with Crippen LogP contribution in [0.4, 0.5) is 0 Å². The maximum absolute atomic E-state index is 9.82. The largest absolute Gasteiger partial charge is 0.490 e. The quantitative estimate of drug-likeness (QED) is 0.649. The number of morpholine rings is 1. The topological polar surface area (TPSA) is 116 Å². The highest BCUT2D eigenvalue weighted by molar-refractivity contribution is 5.84. The molecule has 2 aliphatic rings. The lowest BCUT2D eigenvalue weighted by atomic mass is 9.79. The summed E-state index contributed by atoms with van der Waals surface area (Å²) in [5, 5.41) is 25.2. The lowest BCUT2D eigenvalue weighted by Crippen LogP contribution is -2.38. The van der Waals surface area contributed by atoms with Crippen molar-refractivity contribution in [1.29, 1.82) is 10.7 Å². The van der Waals surface area contributed by atoms with E-state index in [0.29, 0.717) is 37.0 Å². The van der Waals surface area contributed by atoms with Gasteiger partial charge < -0.3 is 18.9 Å². The molecule has 4 rings (SSSR count). The van der Waals surface area contributed by atoms with E-state index in [2.05, 4.69) is 21.2 Å². The molecular weight excluding hydrogens is 410 g/mol. The molecule has 1 saturated heterocycles. The Balaban J connectivity index is 1.60. The third-order valence-electron chi connectivity index (χ3n) is 5.87. The Morgan fingerprint density at radius 3 is 2.78 bits per heavy atom. The highest BCUT2D eigenvalue weighted by atomic mass is 16.5. The number of H-pyrrole nitrogens is 1. The molecule has 9 heteroatoms. The summed E-state index contributed by atoms with van der Waals surface area (Å²) >= 11 is 0. The van der Waals surface area contributed by atoms with Crippen LogP contribution in [0.15, 0.2) is 18.2 Å². The number of hydrogen-bond acceptors (Lipinski definition) is 8. The van der Waals surface area contributed by atoms with Gasteiger partial charge in [0.25, 0.3) is 0 Å². The molecule has 9 nitrogen and oxygen atoms in total. The first kappa shape index (κ1) is 22.1. The van der Waals surface area contributed by atoms with E-state index in [-0.39, 0.29) is 11.8 Å². The van der Waals surface area contributed by atoms with Gasteiger partial charge in [0, 0.05) is 36.8 Å². The summed E-state index contributed by atoms with van der Waals surface area (Å²) in [6.07, 6.45) is 0.717. The predicted octanol–water partition coefficient (Wildman–Crippen LogP) is 2.72. The van der Waals surface area contributed by atoms with Crippen molar-refractivity contribution >= 4 is 5.90 Å². The van der Waals surface area contributed by atoms with Crippen LogP contribution in [0.3, 0.4) is 0 Å². The highest BCUT2D eigenvalue weighted by Gasteiger charge is 2.40. The lowest BCUT2D eigenvalue weighted by Gasteiger charge is -2.29. The number of aromatic nitrogens is 2. The molecule has 0 radical (unpaired) electrons. The molecule has 0 bridgehead atoms. The summed E-state index contributed by atoms with van der Waals surface area (Å²) in [5.41, 5.74) is 2.60. The van der Waals surface area contributed by atoms with Gasteiger partial charge in [-0.05, 0) is 31.0 Å². The average Bonchev–Trinajstić information content (AvgIpc) is 3.22. The third-order valence-corrected chi connectivity index (χ3v) is 5.87. The van der Waals surface area contributed by atoms with Gasteiger partial charge in [-0.3, -0.25) is 15.4 Å². The van der Waals surface area contributed by atoms with Gasteiger partial charge in [0.2, 0.25) is 11.8 Å². The number of aromatic amines is 1. The van der Waals surface area contributed by atoms with E-state index in [9.17, 15) is 5.26 Å². The maximum atomic E-state index is 9.82. The maximum Gasteiger partial charge on any atom is 0.243 e. The Labute approximate surface area is 187 Å². The molecule has 0 aliphatic carbocycles. The van der Waals surface area contributed by atoms with Crippen LogP contribution in [0.5, 0.6) is 17.4 Å². The number of aryl methyl sites for hydroxylation is 1. The number of fused-ring (bicyclic) bond motifs is 1. The number of hydrogen-bond donors (Lipinski definition) is 2. The summed E-state index contributed by atoms with van der Waals surface area (Å²) in [6.45, 7) is 9.15. The Morgan fingerprint density at radius 1 is 1.25 bits per heavy atom. The molecule has 1 fully saturated rings. The Hall–Kier alpha value is -3.09. The molecule has 2 N–H and O–H groups in total. The number of rotatable bonds is 8. The molecule has 32 heavy (non-hydrogen) atoms. The van der Waals surface area contributed by atoms with Gasteiger partial charge in [0.15, 0.2) is 11.5 Å². The number of nitrogens with zero attached hydrogens (tertiary/aromatic N) is 3. The number of benzene rings is 1. The number of nitriles is 1. The molecule has 2 unspecified atom stereocenters. The second kappa shape index (κ2) is 10.0. The first-order valence-electron chi connectivity index (χ1n) is 11.1. The third kappa shape index (κ3) is 4.42. The second-order valence-corrected chi connectivity index (χ2v) is 7.77. The minimum absolute atomic E-state index is 0.0945. The molecule has 0 saturated carbocycles. The zero-order chi connectivity index (χ0) is 22.5. The van der Waals surface area contributed by atoms with Crippen molar-refractivity contribution in [3.8, 4) is 23.4 Å². The second-order valence-electron chi connectivity index (χ2n) is 7.77. The molecule has 170 valence electrons. The molecule has 3 heterocycles. The Kier molecular flexibility index (Phi) is 6.93. The van der Waals surface area contributed by atoms with E-state index >= 15 is 0 Å². The fraction of sp³-hybridized carbons (Fsp3) is 0.522. The monoisotopic (exact) mass is 439 g/mol. The van der Waals surface area contributed by atoms with Crippen LogP contribution in [-0.4, -0.2) is 67.1 Å². The van der Waals surface area contributed by atoms with Crippen molar-refractivity contribution in [1.82, 2.24) is 15.1 Å². The highest BCUT2D eigenvalue weighted by Crippen LogP contribution is 2.44. The summed E-state index contributed by atoms with van der Waals surface area (Å²) in [4.78, 5) is 2.32. The Morgan fingerprint density at radius 2 is 2.06 bits per heavy atom. The molecular formula is C23H29N5O4.